The SMILES string of the molecule is Cc1ccc(C(CC(=O)O)B2OC(C)(C)C(C)(C)O2)c(F)c1. The van der Waals surface area contributed by atoms with E-state index in [1.54, 1.807) is 19.1 Å². The number of carboxylic acids is 1. The van der Waals surface area contributed by atoms with Crippen molar-refractivity contribution < 1.29 is 23.6 Å². The van der Waals surface area contributed by atoms with Crippen molar-refractivity contribution in [3.8, 4) is 0 Å². The molecule has 0 aliphatic carbocycles. The lowest BCUT2D eigenvalue weighted by molar-refractivity contribution is -0.137. The maximum Gasteiger partial charge on any atom is 0.466 e. The highest BCUT2D eigenvalue weighted by Gasteiger charge is 2.54. The Hall–Kier alpha value is -1.40. The summed E-state index contributed by atoms with van der Waals surface area (Å²) in [5, 5.41) is 9.18. The van der Waals surface area contributed by atoms with Crippen molar-refractivity contribution in [3.63, 3.8) is 0 Å². The van der Waals surface area contributed by atoms with Crippen LogP contribution >= 0.6 is 0 Å². The smallest absolute Gasteiger partial charge is 0.466 e. The zero-order valence-corrected chi connectivity index (χ0v) is 13.6. The van der Waals surface area contributed by atoms with E-state index in [0.717, 1.165) is 5.56 Å². The maximum atomic E-state index is 14.3. The second kappa shape index (κ2) is 5.67. The third-order valence-electron chi connectivity index (χ3n) is 4.55. The normalized spacial score (nSPS) is 20.9. The Morgan fingerprint density at radius 1 is 1.27 bits per heavy atom. The molecule has 1 unspecified atom stereocenters. The van der Waals surface area contributed by atoms with E-state index >= 15 is 0 Å². The summed E-state index contributed by atoms with van der Waals surface area (Å²) in [7, 11) is -0.793. The van der Waals surface area contributed by atoms with Gasteiger partial charge in [0.25, 0.3) is 0 Å². The predicted molar refractivity (Wildman–Crippen MR) is 82.2 cm³/mol. The Labute approximate surface area is 130 Å². The van der Waals surface area contributed by atoms with Crippen LogP contribution in [-0.4, -0.2) is 29.4 Å². The lowest BCUT2D eigenvalue weighted by Gasteiger charge is -2.32. The standard InChI is InChI=1S/C16H22BFO4/c1-10-6-7-11(13(18)8-10)12(9-14(19)20)17-21-15(2,3)16(4,5)22-17/h6-8,12H,9H2,1-5H3,(H,19,20). The Balaban J connectivity index is 2.38. The Bertz CT molecular complexity index is 570. The number of aryl methyl sites for hydroxylation is 1. The molecule has 0 amide bonds. The van der Waals surface area contributed by atoms with E-state index in [2.05, 4.69) is 0 Å². The molecule has 0 aromatic heterocycles. The minimum Gasteiger partial charge on any atom is -0.481 e. The zero-order chi connectivity index (χ0) is 16.7. The van der Waals surface area contributed by atoms with Gasteiger partial charge in [-0.1, -0.05) is 12.1 Å². The first-order chi connectivity index (χ1) is 10.0. The van der Waals surface area contributed by atoms with Crippen LogP contribution in [0.15, 0.2) is 18.2 Å². The molecule has 22 heavy (non-hydrogen) atoms. The van der Waals surface area contributed by atoms with Crippen molar-refractivity contribution in [3.05, 3.63) is 35.1 Å². The molecule has 1 fully saturated rings. The lowest BCUT2D eigenvalue weighted by atomic mass is 9.66. The minimum atomic E-state index is -1.01. The van der Waals surface area contributed by atoms with E-state index in [-0.39, 0.29) is 6.42 Å². The first-order valence-electron chi connectivity index (χ1n) is 7.37. The number of hydrogen-bond acceptors (Lipinski definition) is 3. The molecular formula is C16H22BFO4. The molecule has 1 atom stereocenters. The summed E-state index contributed by atoms with van der Waals surface area (Å²) < 4.78 is 26.1. The van der Waals surface area contributed by atoms with E-state index in [0.29, 0.717) is 5.56 Å². The quantitative estimate of drug-likeness (QED) is 0.867. The van der Waals surface area contributed by atoms with Crippen molar-refractivity contribution >= 4 is 13.1 Å². The van der Waals surface area contributed by atoms with Crippen LogP contribution in [0.25, 0.3) is 0 Å². The average molecular weight is 308 g/mol. The topological polar surface area (TPSA) is 55.8 Å². The first kappa shape index (κ1) is 17.0. The highest BCUT2D eigenvalue weighted by molar-refractivity contribution is 6.48. The van der Waals surface area contributed by atoms with Gasteiger partial charge in [0.1, 0.15) is 5.82 Å². The highest BCUT2D eigenvalue weighted by Crippen LogP contribution is 2.42. The molecule has 120 valence electrons. The second-order valence-corrected chi connectivity index (χ2v) is 6.85. The van der Waals surface area contributed by atoms with Crippen LogP contribution in [-0.2, 0) is 14.1 Å². The van der Waals surface area contributed by atoms with Crippen LogP contribution in [0.5, 0.6) is 0 Å². The summed E-state index contributed by atoms with van der Waals surface area (Å²) in [4.78, 5) is 11.2. The van der Waals surface area contributed by atoms with E-state index in [1.165, 1.54) is 6.07 Å². The summed E-state index contributed by atoms with van der Waals surface area (Å²) >= 11 is 0. The van der Waals surface area contributed by atoms with Gasteiger partial charge in [0.2, 0.25) is 0 Å². The van der Waals surface area contributed by atoms with E-state index in [1.807, 2.05) is 27.7 Å². The van der Waals surface area contributed by atoms with Gasteiger partial charge in [-0.25, -0.2) is 4.39 Å². The average Bonchev–Trinajstić information content (AvgIpc) is 2.56. The van der Waals surface area contributed by atoms with Gasteiger partial charge in [0.05, 0.1) is 17.6 Å². The molecule has 1 aliphatic rings. The van der Waals surface area contributed by atoms with Crippen molar-refractivity contribution in [2.75, 3.05) is 0 Å². The Morgan fingerprint density at radius 3 is 2.27 bits per heavy atom. The Kier molecular flexibility index (Phi) is 4.37. The molecule has 4 nitrogen and oxygen atoms in total. The number of benzene rings is 1. The van der Waals surface area contributed by atoms with Crippen LogP contribution in [0.1, 0.15) is 51.1 Å². The summed E-state index contributed by atoms with van der Waals surface area (Å²) in [6.07, 6.45) is -0.253. The zero-order valence-electron chi connectivity index (χ0n) is 13.6. The number of carbonyl (C=O) groups is 1. The number of aliphatic carboxylic acids is 1. The molecule has 1 aromatic carbocycles. The van der Waals surface area contributed by atoms with Gasteiger partial charge < -0.3 is 14.4 Å². The molecular weight excluding hydrogens is 286 g/mol. The summed E-state index contributed by atoms with van der Waals surface area (Å²) in [6.45, 7) is 9.33. The van der Waals surface area contributed by atoms with Gasteiger partial charge in [-0.2, -0.15) is 0 Å². The van der Waals surface area contributed by atoms with Crippen molar-refractivity contribution in [2.24, 2.45) is 0 Å². The first-order valence-corrected chi connectivity index (χ1v) is 7.37. The molecule has 0 radical (unpaired) electrons. The molecule has 0 saturated carbocycles. The van der Waals surface area contributed by atoms with Gasteiger partial charge in [0, 0.05) is 5.82 Å². The van der Waals surface area contributed by atoms with E-state index in [9.17, 15) is 14.3 Å². The molecule has 1 saturated heterocycles. The van der Waals surface area contributed by atoms with E-state index < -0.39 is 35.9 Å². The van der Waals surface area contributed by atoms with Crippen molar-refractivity contribution in [1.29, 1.82) is 0 Å². The number of rotatable bonds is 4. The largest absolute Gasteiger partial charge is 0.481 e. The van der Waals surface area contributed by atoms with Crippen LogP contribution in [0.3, 0.4) is 0 Å². The molecule has 0 bridgehead atoms. The van der Waals surface area contributed by atoms with Crippen LogP contribution in [0.4, 0.5) is 4.39 Å². The van der Waals surface area contributed by atoms with Crippen LogP contribution < -0.4 is 0 Å². The van der Waals surface area contributed by atoms with Crippen LogP contribution in [0.2, 0.25) is 0 Å². The van der Waals surface area contributed by atoms with Crippen LogP contribution in [0, 0.1) is 12.7 Å². The minimum absolute atomic E-state index is 0.253. The number of halogens is 1. The maximum absolute atomic E-state index is 14.3. The predicted octanol–water partition coefficient (Wildman–Crippen LogP) is 3.32. The molecule has 1 aromatic rings. The molecule has 6 heteroatoms. The van der Waals surface area contributed by atoms with E-state index in [4.69, 9.17) is 9.31 Å². The lowest BCUT2D eigenvalue weighted by Crippen LogP contribution is -2.41. The van der Waals surface area contributed by atoms with Crippen molar-refractivity contribution in [1.82, 2.24) is 0 Å². The number of hydrogen-bond donors (Lipinski definition) is 1. The van der Waals surface area contributed by atoms with Crippen molar-refractivity contribution in [2.45, 2.75) is 58.1 Å². The summed E-state index contributed by atoms with van der Waals surface area (Å²) in [6, 6.07) is 4.78. The fourth-order valence-corrected chi connectivity index (χ4v) is 2.53. The third kappa shape index (κ3) is 3.18. The number of carboxylic acid groups (broad SMARTS) is 1. The van der Waals surface area contributed by atoms with Gasteiger partial charge >= 0.3 is 13.1 Å². The fraction of sp³-hybridized carbons (Fsp3) is 0.562. The third-order valence-corrected chi connectivity index (χ3v) is 4.55. The molecule has 1 N–H and O–H groups in total. The molecule has 0 spiro atoms. The second-order valence-electron chi connectivity index (χ2n) is 6.85. The summed E-state index contributed by atoms with van der Waals surface area (Å²) in [5.41, 5.74) is -0.0821. The molecule has 2 rings (SSSR count). The van der Waals surface area contributed by atoms with Gasteiger partial charge in [-0.15, -0.1) is 0 Å². The van der Waals surface area contributed by atoms with Gasteiger partial charge in [-0.05, 0) is 51.8 Å². The summed E-state index contributed by atoms with van der Waals surface area (Å²) in [5.74, 6) is -2.14. The fourth-order valence-electron chi connectivity index (χ4n) is 2.53. The van der Waals surface area contributed by atoms with Gasteiger partial charge in [0.15, 0.2) is 0 Å². The molecule has 1 aliphatic heterocycles. The Morgan fingerprint density at radius 2 is 1.82 bits per heavy atom. The molecule has 1 heterocycles. The highest BCUT2D eigenvalue weighted by atomic mass is 19.1. The van der Waals surface area contributed by atoms with Gasteiger partial charge in [-0.3, -0.25) is 4.79 Å². The monoisotopic (exact) mass is 308 g/mol.